The van der Waals surface area contributed by atoms with Crippen molar-refractivity contribution in [1.82, 2.24) is 0 Å². The molecule has 1 heterocycles. The molecule has 0 bridgehead atoms. The van der Waals surface area contributed by atoms with E-state index in [1.807, 2.05) is 12.1 Å². The van der Waals surface area contributed by atoms with E-state index in [2.05, 4.69) is 47.5 Å². The summed E-state index contributed by atoms with van der Waals surface area (Å²) in [6, 6.07) is 20.6. The number of fused-ring (bicyclic) bond motifs is 2. The summed E-state index contributed by atoms with van der Waals surface area (Å²) in [4.78, 5) is 16.8. The fraction of sp³-hybridized carbons (Fsp3) is 0.0870. The van der Waals surface area contributed by atoms with Gasteiger partial charge in [-0.2, -0.15) is 0 Å². The minimum Gasteiger partial charge on any atom is -0.340 e. The molecule has 1 amide bonds. The lowest BCUT2D eigenvalue weighted by Crippen LogP contribution is -2.19. The van der Waals surface area contributed by atoms with E-state index in [0.29, 0.717) is 0 Å². The number of benzene rings is 3. The van der Waals surface area contributed by atoms with Gasteiger partial charge in [-0.3, -0.25) is 4.79 Å². The van der Waals surface area contributed by atoms with Crippen LogP contribution >= 0.6 is 11.8 Å². The van der Waals surface area contributed by atoms with Gasteiger partial charge >= 0.3 is 0 Å². The van der Waals surface area contributed by atoms with Crippen LogP contribution in [0.15, 0.2) is 82.6 Å². The van der Waals surface area contributed by atoms with Crippen LogP contribution in [0.25, 0.3) is 6.08 Å². The maximum absolute atomic E-state index is 13.6. The first-order valence-electron chi connectivity index (χ1n) is 9.08. The van der Waals surface area contributed by atoms with Crippen LogP contribution in [-0.2, 0) is 4.79 Å². The molecule has 140 valence electrons. The van der Waals surface area contributed by atoms with Crippen LogP contribution < -0.4 is 10.2 Å². The fourth-order valence-electron chi connectivity index (χ4n) is 3.20. The highest BCUT2D eigenvalue weighted by Gasteiger charge is 2.21. The first-order chi connectivity index (χ1) is 13.7. The Labute approximate surface area is 167 Å². The summed E-state index contributed by atoms with van der Waals surface area (Å²) in [6.45, 7) is 3.02. The van der Waals surface area contributed by atoms with Crippen LogP contribution in [0.3, 0.4) is 0 Å². The molecule has 1 aliphatic rings. The summed E-state index contributed by atoms with van der Waals surface area (Å²) >= 11 is 1.73. The summed E-state index contributed by atoms with van der Waals surface area (Å²) < 4.78 is 13.6. The number of rotatable bonds is 4. The van der Waals surface area contributed by atoms with Gasteiger partial charge in [-0.15, -0.1) is 0 Å². The number of anilines is 3. The van der Waals surface area contributed by atoms with Gasteiger partial charge in [0.05, 0.1) is 17.1 Å². The van der Waals surface area contributed by atoms with Gasteiger partial charge in [0.15, 0.2) is 0 Å². The van der Waals surface area contributed by atoms with E-state index in [9.17, 15) is 9.18 Å². The molecule has 3 aromatic carbocycles. The largest absolute Gasteiger partial charge is 0.340 e. The van der Waals surface area contributed by atoms with Gasteiger partial charge in [-0.1, -0.05) is 42.1 Å². The van der Waals surface area contributed by atoms with Crippen LogP contribution in [0.4, 0.5) is 21.5 Å². The van der Waals surface area contributed by atoms with E-state index in [1.165, 1.54) is 34.5 Å². The van der Waals surface area contributed by atoms with Crippen LogP contribution in [0.5, 0.6) is 0 Å². The molecule has 1 aliphatic heterocycles. The normalized spacial score (nSPS) is 12.6. The number of nitrogens with zero attached hydrogens (tertiary/aromatic N) is 1. The Morgan fingerprint density at radius 1 is 1.04 bits per heavy atom. The third-order valence-corrected chi connectivity index (χ3v) is 5.64. The number of hydrogen-bond donors (Lipinski definition) is 1. The lowest BCUT2D eigenvalue weighted by atomic mass is 10.1. The first-order valence-corrected chi connectivity index (χ1v) is 9.89. The predicted molar refractivity (Wildman–Crippen MR) is 114 cm³/mol. The Balaban J connectivity index is 1.54. The molecule has 1 N–H and O–H groups in total. The SMILES string of the molecule is CCN1c2ccccc2Sc2cc(/C=C/C(=O)Nc3ccccc3F)ccc21. The second kappa shape index (κ2) is 7.90. The fourth-order valence-corrected chi connectivity index (χ4v) is 4.35. The van der Waals surface area contributed by atoms with Crippen LogP contribution in [0.1, 0.15) is 12.5 Å². The Morgan fingerprint density at radius 3 is 2.61 bits per heavy atom. The average molecular weight is 390 g/mol. The van der Waals surface area contributed by atoms with Crippen molar-refractivity contribution in [2.75, 3.05) is 16.8 Å². The summed E-state index contributed by atoms with van der Waals surface area (Å²) in [5.74, 6) is -0.816. The molecule has 0 aliphatic carbocycles. The molecule has 3 aromatic rings. The number of carbonyl (C=O) groups is 1. The van der Waals surface area contributed by atoms with Crippen LogP contribution in [0, 0.1) is 5.82 Å². The molecule has 0 unspecified atom stereocenters. The highest BCUT2D eigenvalue weighted by molar-refractivity contribution is 7.99. The molecule has 3 nitrogen and oxygen atoms in total. The number of carbonyl (C=O) groups excluding carboxylic acids is 1. The van der Waals surface area contributed by atoms with Crippen molar-refractivity contribution in [2.45, 2.75) is 16.7 Å². The minimum absolute atomic E-state index is 0.174. The van der Waals surface area contributed by atoms with E-state index in [0.717, 1.165) is 17.0 Å². The molecule has 28 heavy (non-hydrogen) atoms. The zero-order valence-electron chi connectivity index (χ0n) is 15.4. The summed E-state index contributed by atoms with van der Waals surface area (Å²) in [5.41, 5.74) is 3.48. The van der Waals surface area contributed by atoms with Gasteiger partial charge in [-0.05, 0) is 55.0 Å². The quantitative estimate of drug-likeness (QED) is 0.546. The zero-order chi connectivity index (χ0) is 19.5. The van der Waals surface area contributed by atoms with E-state index >= 15 is 0 Å². The molecule has 0 radical (unpaired) electrons. The van der Waals surface area contributed by atoms with E-state index in [4.69, 9.17) is 0 Å². The molecule has 0 saturated heterocycles. The Morgan fingerprint density at radius 2 is 1.79 bits per heavy atom. The molecular formula is C23H19FN2OS. The van der Waals surface area contributed by atoms with Gasteiger partial charge in [0.25, 0.3) is 0 Å². The third-order valence-electron chi connectivity index (χ3n) is 4.53. The number of nitrogens with one attached hydrogen (secondary N) is 1. The van der Waals surface area contributed by atoms with Gasteiger partial charge in [0.2, 0.25) is 5.91 Å². The molecule has 0 fully saturated rings. The van der Waals surface area contributed by atoms with Crippen molar-refractivity contribution in [3.63, 3.8) is 0 Å². The van der Waals surface area contributed by atoms with E-state index < -0.39 is 5.82 Å². The lowest BCUT2D eigenvalue weighted by molar-refractivity contribution is -0.111. The Hall–Kier alpha value is -3.05. The van der Waals surface area contributed by atoms with Gasteiger partial charge < -0.3 is 10.2 Å². The van der Waals surface area contributed by atoms with Crippen LogP contribution in [0.2, 0.25) is 0 Å². The topological polar surface area (TPSA) is 32.3 Å². The maximum Gasteiger partial charge on any atom is 0.248 e. The average Bonchev–Trinajstić information content (AvgIpc) is 2.72. The predicted octanol–water partition coefficient (Wildman–Crippen LogP) is 6.10. The summed E-state index contributed by atoms with van der Waals surface area (Å²) in [5, 5.41) is 2.56. The maximum atomic E-state index is 13.6. The van der Waals surface area contributed by atoms with Crippen molar-refractivity contribution >= 4 is 40.8 Å². The van der Waals surface area contributed by atoms with Crippen molar-refractivity contribution in [2.24, 2.45) is 0 Å². The minimum atomic E-state index is -0.451. The van der Waals surface area contributed by atoms with Crippen molar-refractivity contribution < 1.29 is 9.18 Å². The highest BCUT2D eigenvalue weighted by Crippen LogP contribution is 2.48. The molecule has 0 aromatic heterocycles. The van der Waals surface area contributed by atoms with Gasteiger partial charge in [-0.25, -0.2) is 4.39 Å². The van der Waals surface area contributed by atoms with Crippen LogP contribution in [-0.4, -0.2) is 12.5 Å². The lowest BCUT2D eigenvalue weighted by Gasteiger charge is -2.32. The monoisotopic (exact) mass is 390 g/mol. The van der Waals surface area contributed by atoms with Crippen molar-refractivity contribution in [1.29, 1.82) is 0 Å². The second-order valence-corrected chi connectivity index (χ2v) is 7.43. The Bertz CT molecular complexity index is 1060. The molecule has 4 rings (SSSR count). The summed E-state index contributed by atoms with van der Waals surface area (Å²) in [6.07, 6.45) is 3.17. The zero-order valence-corrected chi connectivity index (χ0v) is 16.2. The first kappa shape index (κ1) is 18.3. The molecule has 0 spiro atoms. The third kappa shape index (κ3) is 3.66. The van der Waals surface area contributed by atoms with Gasteiger partial charge in [0.1, 0.15) is 5.82 Å². The smallest absolute Gasteiger partial charge is 0.248 e. The summed E-state index contributed by atoms with van der Waals surface area (Å²) in [7, 11) is 0. The molecule has 5 heteroatoms. The highest BCUT2D eigenvalue weighted by atomic mass is 32.2. The Kier molecular flexibility index (Phi) is 5.17. The standard InChI is InChI=1S/C23H19FN2OS/c1-2-26-19-9-5-6-10-21(19)28-22-15-16(11-13-20(22)26)12-14-23(27)25-18-8-4-3-7-17(18)24/h3-15H,2H2,1H3,(H,25,27)/b14-12+. The number of amides is 1. The second-order valence-electron chi connectivity index (χ2n) is 6.34. The molecule has 0 saturated carbocycles. The van der Waals surface area contributed by atoms with Crippen molar-refractivity contribution in [3.05, 3.63) is 84.2 Å². The van der Waals surface area contributed by atoms with E-state index in [-0.39, 0.29) is 11.6 Å². The van der Waals surface area contributed by atoms with Gasteiger partial charge in [0, 0.05) is 22.4 Å². The van der Waals surface area contributed by atoms with Crippen molar-refractivity contribution in [3.8, 4) is 0 Å². The van der Waals surface area contributed by atoms with E-state index in [1.54, 1.807) is 30.0 Å². The number of para-hydroxylation sites is 2. The number of hydrogen-bond acceptors (Lipinski definition) is 3. The molecule has 0 atom stereocenters. The molecular weight excluding hydrogens is 371 g/mol. The number of halogens is 1.